The summed E-state index contributed by atoms with van der Waals surface area (Å²) in [6, 6.07) is 4.72. The van der Waals surface area contributed by atoms with Gasteiger partial charge >= 0.3 is 0 Å². The zero-order valence-electron chi connectivity index (χ0n) is 10.1. The molecule has 0 unspecified atom stereocenters. The van der Waals surface area contributed by atoms with E-state index in [9.17, 15) is 8.42 Å². The molecule has 19 heavy (non-hydrogen) atoms. The van der Waals surface area contributed by atoms with Crippen LogP contribution < -0.4 is 4.72 Å². The van der Waals surface area contributed by atoms with Crippen LogP contribution in [0.2, 0.25) is 5.02 Å². The Bertz CT molecular complexity index is 669. The number of aromatic nitrogens is 2. The van der Waals surface area contributed by atoms with Crippen LogP contribution in [0.4, 0.5) is 0 Å². The Labute approximate surface area is 115 Å². The van der Waals surface area contributed by atoms with Gasteiger partial charge in [0.1, 0.15) is 0 Å². The molecule has 8 heteroatoms. The number of rotatable bonds is 5. The van der Waals surface area contributed by atoms with Crippen LogP contribution in [0.3, 0.4) is 0 Å². The standard InChI is InChI=1S/C11H12ClN3O3S/c1-2-8-6-9(18-15-8)7-14-19(16,17)11-10(12)4-3-5-13-11/h3-6,14H,2,7H2,1H3. The smallest absolute Gasteiger partial charge is 0.259 e. The van der Waals surface area contributed by atoms with E-state index < -0.39 is 10.0 Å². The largest absolute Gasteiger partial charge is 0.360 e. The molecule has 2 heterocycles. The zero-order valence-corrected chi connectivity index (χ0v) is 11.7. The van der Waals surface area contributed by atoms with Crippen LogP contribution in [0.5, 0.6) is 0 Å². The van der Waals surface area contributed by atoms with E-state index in [0.717, 1.165) is 12.1 Å². The Hall–Kier alpha value is -1.44. The van der Waals surface area contributed by atoms with Crippen molar-refractivity contribution in [3.63, 3.8) is 0 Å². The maximum Gasteiger partial charge on any atom is 0.259 e. The average Bonchev–Trinajstić information content (AvgIpc) is 2.85. The molecular weight excluding hydrogens is 290 g/mol. The molecule has 0 saturated carbocycles. The van der Waals surface area contributed by atoms with E-state index in [1.165, 1.54) is 12.3 Å². The van der Waals surface area contributed by atoms with Gasteiger partial charge in [0.25, 0.3) is 10.0 Å². The highest BCUT2D eigenvalue weighted by molar-refractivity contribution is 7.89. The number of aryl methyl sites for hydroxylation is 1. The topological polar surface area (TPSA) is 85.1 Å². The first kappa shape index (κ1) is 14.0. The van der Waals surface area contributed by atoms with Gasteiger partial charge in [0.2, 0.25) is 0 Å². The highest BCUT2D eigenvalue weighted by Gasteiger charge is 2.19. The molecule has 6 nitrogen and oxygen atoms in total. The van der Waals surface area contributed by atoms with Crippen LogP contribution in [0.1, 0.15) is 18.4 Å². The molecule has 0 aliphatic carbocycles. The number of hydrogen-bond donors (Lipinski definition) is 1. The SMILES string of the molecule is CCc1cc(CNS(=O)(=O)c2ncccc2Cl)on1. The average molecular weight is 302 g/mol. The fourth-order valence-electron chi connectivity index (χ4n) is 1.41. The quantitative estimate of drug-likeness (QED) is 0.909. The summed E-state index contributed by atoms with van der Waals surface area (Å²) >= 11 is 5.80. The van der Waals surface area contributed by atoms with Crippen molar-refractivity contribution in [2.24, 2.45) is 0 Å². The second-order valence-electron chi connectivity index (χ2n) is 3.75. The van der Waals surface area contributed by atoms with E-state index in [4.69, 9.17) is 16.1 Å². The molecular formula is C11H12ClN3O3S. The van der Waals surface area contributed by atoms with Crippen molar-refractivity contribution < 1.29 is 12.9 Å². The zero-order chi connectivity index (χ0) is 13.9. The molecule has 0 aliphatic heterocycles. The Morgan fingerprint density at radius 3 is 2.89 bits per heavy atom. The van der Waals surface area contributed by atoms with Gasteiger partial charge in [-0.25, -0.2) is 18.1 Å². The molecule has 0 atom stereocenters. The Morgan fingerprint density at radius 1 is 1.47 bits per heavy atom. The van der Waals surface area contributed by atoms with Gasteiger partial charge in [-0.2, -0.15) is 0 Å². The van der Waals surface area contributed by atoms with Crippen molar-refractivity contribution in [2.45, 2.75) is 24.9 Å². The lowest BCUT2D eigenvalue weighted by Crippen LogP contribution is -2.24. The van der Waals surface area contributed by atoms with Crippen molar-refractivity contribution in [2.75, 3.05) is 0 Å². The summed E-state index contributed by atoms with van der Waals surface area (Å²) in [6.07, 6.45) is 2.09. The molecule has 0 saturated heterocycles. The molecule has 2 aromatic heterocycles. The molecule has 0 amide bonds. The Balaban J connectivity index is 2.12. The van der Waals surface area contributed by atoms with Gasteiger partial charge < -0.3 is 4.52 Å². The number of halogens is 1. The van der Waals surface area contributed by atoms with Crippen molar-refractivity contribution in [3.05, 3.63) is 40.9 Å². The molecule has 0 spiro atoms. The number of sulfonamides is 1. The van der Waals surface area contributed by atoms with Gasteiger partial charge in [-0.3, -0.25) is 0 Å². The van der Waals surface area contributed by atoms with E-state index >= 15 is 0 Å². The second kappa shape index (κ2) is 5.68. The first-order valence-electron chi connectivity index (χ1n) is 5.57. The van der Waals surface area contributed by atoms with Crippen LogP contribution in [0.15, 0.2) is 33.9 Å². The van der Waals surface area contributed by atoms with Crippen molar-refractivity contribution >= 4 is 21.6 Å². The Morgan fingerprint density at radius 2 is 2.26 bits per heavy atom. The van der Waals surface area contributed by atoms with Gasteiger partial charge in [0.05, 0.1) is 17.3 Å². The Kier molecular flexibility index (Phi) is 4.18. The predicted molar refractivity (Wildman–Crippen MR) is 69.2 cm³/mol. The summed E-state index contributed by atoms with van der Waals surface area (Å²) in [5.41, 5.74) is 0.769. The van der Waals surface area contributed by atoms with Crippen molar-refractivity contribution in [1.29, 1.82) is 0 Å². The van der Waals surface area contributed by atoms with Crippen molar-refractivity contribution in [3.8, 4) is 0 Å². The molecule has 0 aliphatic rings. The van der Waals surface area contributed by atoms with Crippen molar-refractivity contribution in [1.82, 2.24) is 14.9 Å². The van der Waals surface area contributed by atoms with Crippen LogP contribution in [0, 0.1) is 0 Å². The number of hydrogen-bond acceptors (Lipinski definition) is 5. The second-order valence-corrected chi connectivity index (χ2v) is 5.84. The minimum Gasteiger partial charge on any atom is -0.360 e. The summed E-state index contributed by atoms with van der Waals surface area (Å²) < 4.78 is 31.3. The summed E-state index contributed by atoms with van der Waals surface area (Å²) in [6.45, 7) is 1.93. The van der Waals surface area contributed by atoms with E-state index in [1.54, 1.807) is 12.1 Å². The van der Waals surface area contributed by atoms with E-state index in [0.29, 0.717) is 5.76 Å². The highest BCUT2D eigenvalue weighted by atomic mass is 35.5. The highest BCUT2D eigenvalue weighted by Crippen LogP contribution is 2.17. The third-order valence-electron chi connectivity index (χ3n) is 2.39. The first-order valence-corrected chi connectivity index (χ1v) is 7.43. The molecule has 0 radical (unpaired) electrons. The summed E-state index contributed by atoms with van der Waals surface area (Å²) in [7, 11) is -3.77. The van der Waals surface area contributed by atoms with Gasteiger partial charge in [-0.1, -0.05) is 23.7 Å². The third kappa shape index (κ3) is 3.31. The molecule has 2 aromatic rings. The molecule has 0 bridgehead atoms. The number of nitrogens with one attached hydrogen (secondary N) is 1. The molecule has 0 fully saturated rings. The van der Waals surface area contributed by atoms with Gasteiger partial charge in [-0.15, -0.1) is 0 Å². The van der Waals surface area contributed by atoms with Crippen LogP contribution in [0.25, 0.3) is 0 Å². The third-order valence-corrected chi connectivity index (χ3v) is 4.16. The molecule has 1 N–H and O–H groups in total. The molecule has 102 valence electrons. The lowest BCUT2D eigenvalue weighted by molar-refractivity contribution is 0.375. The minimum atomic E-state index is -3.77. The molecule has 2 rings (SSSR count). The van der Waals surface area contributed by atoms with Gasteiger partial charge in [-0.05, 0) is 18.6 Å². The normalized spacial score (nSPS) is 11.7. The van der Waals surface area contributed by atoms with Crippen LogP contribution in [-0.2, 0) is 23.0 Å². The fourth-order valence-corrected chi connectivity index (χ4v) is 2.83. The fraction of sp³-hybridized carbons (Fsp3) is 0.273. The predicted octanol–water partition coefficient (Wildman–Crippen LogP) is 1.76. The first-order chi connectivity index (χ1) is 9.03. The van der Waals surface area contributed by atoms with Crippen LogP contribution >= 0.6 is 11.6 Å². The van der Waals surface area contributed by atoms with E-state index in [-0.39, 0.29) is 16.6 Å². The maximum absolute atomic E-state index is 12.0. The van der Waals surface area contributed by atoms with E-state index in [2.05, 4.69) is 14.9 Å². The van der Waals surface area contributed by atoms with E-state index in [1.807, 2.05) is 6.92 Å². The number of pyridine rings is 1. The minimum absolute atomic E-state index is 0.00222. The molecule has 0 aromatic carbocycles. The van der Waals surface area contributed by atoms with Gasteiger partial charge in [0.15, 0.2) is 10.8 Å². The summed E-state index contributed by atoms with van der Waals surface area (Å²) in [5.74, 6) is 0.437. The summed E-state index contributed by atoms with van der Waals surface area (Å²) in [4.78, 5) is 3.75. The monoisotopic (exact) mass is 301 g/mol. The number of nitrogens with zero attached hydrogens (tertiary/aromatic N) is 2. The lowest BCUT2D eigenvalue weighted by atomic mass is 10.3. The van der Waals surface area contributed by atoms with Gasteiger partial charge in [0, 0.05) is 12.3 Å². The summed E-state index contributed by atoms with van der Waals surface area (Å²) in [5, 5.41) is 3.64. The lowest BCUT2D eigenvalue weighted by Gasteiger charge is -2.05. The van der Waals surface area contributed by atoms with Crippen LogP contribution in [-0.4, -0.2) is 18.6 Å². The maximum atomic E-state index is 12.0.